The SMILES string of the molecule is CC(NC(=O)CCN1C(=O)CCC1=O)c1ccccc1. The Morgan fingerprint density at radius 3 is 2.40 bits per heavy atom. The van der Waals surface area contributed by atoms with Crippen LogP contribution in [-0.2, 0) is 14.4 Å². The molecule has 1 aliphatic heterocycles. The number of carbonyl (C=O) groups excluding carboxylic acids is 3. The van der Waals surface area contributed by atoms with Gasteiger partial charge >= 0.3 is 0 Å². The van der Waals surface area contributed by atoms with Crippen molar-refractivity contribution in [1.29, 1.82) is 0 Å². The molecule has 5 nitrogen and oxygen atoms in total. The predicted octanol–water partition coefficient (Wildman–Crippen LogP) is 1.40. The lowest BCUT2D eigenvalue weighted by Gasteiger charge is -2.16. The maximum Gasteiger partial charge on any atom is 0.229 e. The van der Waals surface area contributed by atoms with Gasteiger partial charge in [-0.2, -0.15) is 0 Å². The summed E-state index contributed by atoms with van der Waals surface area (Å²) in [5.41, 5.74) is 1.02. The van der Waals surface area contributed by atoms with E-state index in [1.807, 2.05) is 37.3 Å². The fraction of sp³-hybridized carbons (Fsp3) is 0.400. The van der Waals surface area contributed by atoms with Crippen molar-refractivity contribution in [1.82, 2.24) is 10.2 Å². The summed E-state index contributed by atoms with van der Waals surface area (Å²) >= 11 is 0. The highest BCUT2D eigenvalue weighted by Gasteiger charge is 2.28. The third-order valence-corrected chi connectivity index (χ3v) is 3.39. The van der Waals surface area contributed by atoms with Crippen LogP contribution >= 0.6 is 0 Å². The van der Waals surface area contributed by atoms with Crippen molar-refractivity contribution in [2.24, 2.45) is 0 Å². The first-order valence-corrected chi connectivity index (χ1v) is 6.75. The van der Waals surface area contributed by atoms with Crippen LogP contribution in [0, 0.1) is 0 Å². The van der Waals surface area contributed by atoms with E-state index in [1.165, 1.54) is 4.90 Å². The van der Waals surface area contributed by atoms with E-state index in [0.717, 1.165) is 5.56 Å². The van der Waals surface area contributed by atoms with E-state index in [4.69, 9.17) is 0 Å². The minimum absolute atomic E-state index is 0.0892. The molecular formula is C15H18N2O3. The number of likely N-dealkylation sites (tertiary alicyclic amines) is 1. The summed E-state index contributed by atoms with van der Waals surface area (Å²) in [4.78, 5) is 35.8. The predicted molar refractivity (Wildman–Crippen MR) is 73.6 cm³/mol. The molecule has 0 aromatic heterocycles. The first kappa shape index (κ1) is 14.2. The van der Waals surface area contributed by atoms with Gasteiger partial charge in [0, 0.05) is 25.8 Å². The Kier molecular flexibility index (Phi) is 4.50. The Labute approximate surface area is 118 Å². The molecule has 1 heterocycles. The van der Waals surface area contributed by atoms with E-state index >= 15 is 0 Å². The molecule has 2 rings (SSSR count). The summed E-state index contributed by atoms with van der Waals surface area (Å²) in [5, 5.41) is 2.86. The number of rotatable bonds is 5. The topological polar surface area (TPSA) is 66.5 Å². The number of benzene rings is 1. The molecule has 5 heteroatoms. The van der Waals surface area contributed by atoms with Crippen molar-refractivity contribution in [2.75, 3.05) is 6.54 Å². The third-order valence-electron chi connectivity index (χ3n) is 3.39. The number of nitrogens with one attached hydrogen (secondary N) is 1. The fourth-order valence-electron chi connectivity index (χ4n) is 2.22. The Balaban J connectivity index is 1.81. The second kappa shape index (κ2) is 6.32. The molecule has 1 aromatic carbocycles. The molecule has 106 valence electrons. The summed E-state index contributed by atoms with van der Waals surface area (Å²) in [6, 6.07) is 9.55. The third kappa shape index (κ3) is 3.44. The van der Waals surface area contributed by atoms with Crippen molar-refractivity contribution in [3.05, 3.63) is 35.9 Å². The van der Waals surface area contributed by atoms with E-state index in [0.29, 0.717) is 0 Å². The molecule has 0 saturated carbocycles. The Morgan fingerprint density at radius 2 is 1.80 bits per heavy atom. The minimum atomic E-state index is -0.182. The molecule has 0 radical (unpaired) electrons. The highest BCUT2D eigenvalue weighted by molar-refractivity contribution is 6.02. The van der Waals surface area contributed by atoms with Crippen molar-refractivity contribution in [3.63, 3.8) is 0 Å². The van der Waals surface area contributed by atoms with Crippen molar-refractivity contribution in [2.45, 2.75) is 32.2 Å². The average molecular weight is 274 g/mol. The molecule has 1 aromatic rings. The molecule has 1 fully saturated rings. The molecule has 0 bridgehead atoms. The van der Waals surface area contributed by atoms with Gasteiger partial charge in [-0.25, -0.2) is 0 Å². The van der Waals surface area contributed by atoms with Gasteiger partial charge in [-0.05, 0) is 12.5 Å². The van der Waals surface area contributed by atoms with Gasteiger partial charge in [0.05, 0.1) is 6.04 Å². The first-order valence-electron chi connectivity index (χ1n) is 6.75. The molecule has 1 saturated heterocycles. The lowest BCUT2D eigenvalue weighted by molar-refractivity contribution is -0.138. The van der Waals surface area contributed by atoms with Crippen LogP contribution in [0.15, 0.2) is 30.3 Å². The van der Waals surface area contributed by atoms with E-state index in [-0.39, 0.29) is 49.6 Å². The highest BCUT2D eigenvalue weighted by atomic mass is 16.2. The van der Waals surface area contributed by atoms with Gasteiger partial charge in [0.25, 0.3) is 0 Å². The van der Waals surface area contributed by atoms with Crippen LogP contribution < -0.4 is 5.32 Å². The molecule has 20 heavy (non-hydrogen) atoms. The van der Waals surface area contributed by atoms with Crippen LogP contribution in [0.3, 0.4) is 0 Å². The Bertz CT molecular complexity index is 497. The lowest BCUT2D eigenvalue weighted by Crippen LogP contribution is -2.34. The van der Waals surface area contributed by atoms with Gasteiger partial charge in [-0.15, -0.1) is 0 Å². The molecular weight excluding hydrogens is 256 g/mol. The summed E-state index contributed by atoms with van der Waals surface area (Å²) < 4.78 is 0. The molecule has 1 unspecified atom stereocenters. The average Bonchev–Trinajstić information content (AvgIpc) is 2.77. The Morgan fingerprint density at radius 1 is 1.20 bits per heavy atom. The quantitative estimate of drug-likeness (QED) is 0.825. The number of imide groups is 1. The van der Waals surface area contributed by atoms with Gasteiger partial charge in [0.15, 0.2) is 0 Å². The second-order valence-corrected chi connectivity index (χ2v) is 4.89. The van der Waals surface area contributed by atoms with Crippen molar-refractivity contribution < 1.29 is 14.4 Å². The number of carbonyl (C=O) groups is 3. The summed E-state index contributed by atoms with van der Waals surface area (Å²) in [7, 11) is 0. The number of nitrogens with zero attached hydrogens (tertiary/aromatic N) is 1. The van der Waals surface area contributed by atoms with Gasteiger partial charge in [-0.3, -0.25) is 19.3 Å². The molecule has 1 aliphatic rings. The van der Waals surface area contributed by atoms with E-state index in [2.05, 4.69) is 5.32 Å². The zero-order chi connectivity index (χ0) is 14.5. The highest BCUT2D eigenvalue weighted by Crippen LogP contribution is 2.13. The van der Waals surface area contributed by atoms with E-state index in [9.17, 15) is 14.4 Å². The van der Waals surface area contributed by atoms with E-state index < -0.39 is 0 Å². The fourth-order valence-corrected chi connectivity index (χ4v) is 2.22. The molecule has 0 spiro atoms. The van der Waals surface area contributed by atoms with Gasteiger partial charge < -0.3 is 5.32 Å². The molecule has 3 amide bonds. The van der Waals surface area contributed by atoms with Gasteiger partial charge in [-0.1, -0.05) is 30.3 Å². The summed E-state index contributed by atoms with van der Waals surface area (Å²) in [6.45, 7) is 2.07. The minimum Gasteiger partial charge on any atom is -0.350 e. The number of amides is 3. The molecule has 1 atom stereocenters. The van der Waals surface area contributed by atoms with Gasteiger partial charge in [0.1, 0.15) is 0 Å². The molecule has 0 aliphatic carbocycles. The lowest BCUT2D eigenvalue weighted by atomic mass is 10.1. The second-order valence-electron chi connectivity index (χ2n) is 4.89. The largest absolute Gasteiger partial charge is 0.350 e. The number of hydrogen-bond acceptors (Lipinski definition) is 3. The van der Waals surface area contributed by atoms with Crippen LogP contribution in [0.5, 0.6) is 0 Å². The van der Waals surface area contributed by atoms with Gasteiger partial charge in [0.2, 0.25) is 17.7 Å². The summed E-state index contributed by atoms with van der Waals surface area (Å²) in [5.74, 6) is -0.522. The standard InChI is InChI=1S/C15H18N2O3/c1-11(12-5-3-2-4-6-12)16-13(18)9-10-17-14(19)7-8-15(17)20/h2-6,11H,7-10H2,1H3,(H,16,18). The van der Waals surface area contributed by atoms with Crippen molar-refractivity contribution in [3.8, 4) is 0 Å². The maximum absolute atomic E-state index is 11.8. The number of hydrogen-bond donors (Lipinski definition) is 1. The van der Waals surface area contributed by atoms with Crippen LogP contribution in [0.25, 0.3) is 0 Å². The zero-order valence-electron chi connectivity index (χ0n) is 11.5. The Hall–Kier alpha value is -2.17. The van der Waals surface area contributed by atoms with Crippen molar-refractivity contribution >= 4 is 17.7 Å². The smallest absolute Gasteiger partial charge is 0.229 e. The van der Waals surface area contributed by atoms with Crippen LogP contribution in [0.1, 0.15) is 37.8 Å². The van der Waals surface area contributed by atoms with Crippen LogP contribution in [-0.4, -0.2) is 29.2 Å². The normalized spacial score (nSPS) is 16.4. The first-order chi connectivity index (χ1) is 9.58. The monoisotopic (exact) mass is 274 g/mol. The van der Waals surface area contributed by atoms with Crippen LogP contribution in [0.2, 0.25) is 0 Å². The maximum atomic E-state index is 11.8. The zero-order valence-corrected chi connectivity index (χ0v) is 11.5. The molecule has 1 N–H and O–H groups in total. The van der Waals surface area contributed by atoms with E-state index in [1.54, 1.807) is 0 Å². The van der Waals surface area contributed by atoms with Crippen LogP contribution in [0.4, 0.5) is 0 Å². The summed E-state index contributed by atoms with van der Waals surface area (Å²) in [6.07, 6.45) is 0.677.